The molecular formula is C12H20N4O2. The van der Waals surface area contributed by atoms with E-state index in [0.29, 0.717) is 18.8 Å². The summed E-state index contributed by atoms with van der Waals surface area (Å²) in [7, 11) is 0. The molecule has 0 saturated carbocycles. The highest BCUT2D eigenvalue weighted by Crippen LogP contribution is 2.04. The Balaban J connectivity index is 2.57. The number of nitrogens with zero attached hydrogens (tertiary/aromatic N) is 2. The highest BCUT2D eigenvalue weighted by molar-refractivity contribution is 5.96. The summed E-state index contributed by atoms with van der Waals surface area (Å²) in [5.74, 6) is 0.0188. The second-order valence-electron chi connectivity index (χ2n) is 3.89. The molecule has 0 aliphatic rings. The van der Waals surface area contributed by atoms with E-state index < -0.39 is 0 Å². The molecule has 0 radical (unpaired) electrons. The molecule has 0 aliphatic heterocycles. The SMILES string of the molecule is CCOC(C)CNCc1cccnc1/C(N)=N/O. The van der Waals surface area contributed by atoms with Crippen LogP contribution in [0.25, 0.3) is 0 Å². The van der Waals surface area contributed by atoms with Gasteiger partial charge < -0.3 is 21.0 Å². The smallest absolute Gasteiger partial charge is 0.189 e. The van der Waals surface area contributed by atoms with Crippen molar-refractivity contribution < 1.29 is 9.94 Å². The first-order valence-electron chi connectivity index (χ1n) is 5.93. The van der Waals surface area contributed by atoms with E-state index in [1.165, 1.54) is 0 Å². The number of oxime groups is 1. The molecule has 6 heteroatoms. The van der Waals surface area contributed by atoms with Gasteiger partial charge in [-0.05, 0) is 25.5 Å². The van der Waals surface area contributed by atoms with Crippen molar-refractivity contribution >= 4 is 5.84 Å². The molecule has 0 fully saturated rings. The van der Waals surface area contributed by atoms with Crippen LogP contribution in [0.2, 0.25) is 0 Å². The maximum absolute atomic E-state index is 8.68. The van der Waals surface area contributed by atoms with Crippen LogP contribution in [0.4, 0.5) is 0 Å². The van der Waals surface area contributed by atoms with E-state index in [0.717, 1.165) is 12.1 Å². The van der Waals surface area contributed by atoms with Crippen molar-refractivity contribution in [3.05, 3.63) is 29.6 Å². The van der Waals surface area contributed by atoms with Crippen molar-refractivity contribution in [2.75, 3.05) is 13.2 Å². The lowest BCUT2D eigenvalue weighted by Gasteiger charge is -2.13. The molecule has 1 aromatic rings. The van der Waals surface area contributed by atoms with Gasteiger partial charge in [0.05, 0.1) is 6.10 Å². The molecule has 100 valence electrons. The van der Waals surface area contributed by atoms with Gasteiger partial charge >= 0.3 is 0 Å². The topological polar surface area (TPSA) is 92.8 Å². The van der Waals surface area contributed by atoms with Gasteiger partial charge in [-0.3, -0.25) is 4.98 Å². The number of ether oxygens (including phenoxy) is 1. The van der Waals surface area contributed by atoms with Gasteiger partial charge in [0.2, 0.25) is 0 Å². The summed E-state index contributed by atoms with van der Waals surface area (Å²) < 4.78 is 5.41. The third kappa shape index (κ3) is 4.31. The highest BCUT2D eigenvalue weighted by Gasteiger charge is 2.08. The first kappa shape index (κ1) is 14.4. The zero-order chi connectivity index (χ0) is 13.4. The fourth-order valence-electron chi connectivity index (χ4n) is 1.61. The second kappa shape index (κ2) is 7.62. The molecule has 1 atom stereocenters. The van der Waals surface area contributed by atoms with Crippen LogP contribution in [-0.4, -0.2) is 35.3 Å². The molecule has 0 saturated heterocycles. The van der Waals surface area contributed by atoms with E-state index in [1.807, 2.05) is 26.0 Å². The van der Waals surface area contributed by atoms with Crippen LogP contribution in [0, 0.1) is 0 Å². The predicted molar refractivity (Wildman–Crippen MR) is 69.5 cm³/mol. The number of aromatic nitrogens is 1. The third-order valence-corrected chi connectivity index (χ3v) is 2.44. The Labute approximate surface area is 107 Å². The maximum atomic E-state index is 8.68. The third-order valence-electron chi connectivity index (χ3n) is 2.44. The van der Waals surface area contributed by atoms with E-state index in [4.69, 9.17) is 15.7 Å². The van der Waals surface area contributed by atoms with Crippen LogP contribution in [0.1, 0.15) is 25.1 Å². The number of amidine groups is 1. The predicted octanol–water partition coefficient (Wildman–Crippen LogP) is 0.691. The van der Waals surface area contributed by atoms with Crippen molar-refractivity contribution in [1.29, 1.82) is 0 Å². The molecule has 0 aliphatic carbocycles. The maximum Gasteiger partial charge on any atom is 0.189 e. The number of nitrogens with one attached hydrogen (secondary N) is 1. The number of hydrogen-bond acceptors (Lipinski definition) is 5. The summed E-state index contributed by atoms with van der Waals surface area (Å²) in [6.07, 6.45) is 1.76. The van der Waals surface area contributed by atoms with E-state index in [9.17, 15) is 0 Å². The zero-order valence-corrected chi connectivity index (χ0v) is 10.8. The lowest BCUT2D eigenvalue weighted by molar-refractivity contribution is 0.0759. The number of nitrogens with two attached hydrogens (primary N) is 1. The molecule has 0 spiro atoms. The highest BCUT2D eigenvalue weighted by atomic mass is 16.5. The average molecular weight is 252 g/mol. The van der Waals surface area contributed by atoms with E-state index in [-0.39, 0.29) is 11.9 Å². The van der Waals surface area contributed by atoms with Gasteiger partial charge in [-0.1, -0.05) is 11.2 Å². The summed E-state index contributed by atoms with van der Waals surface area (Å²) in [6, 6.07) is 3.70. The van der Waals surface area contributed by atoms with Gasteiger partial charge in [0, 0.05) is 25.9 Å². The van der Waals surface area contributed by atoms with Gasteiger partial charge in [-0.25, -0.2) is 0 Å². The van der Waals surface area contributed by atoms with Gasteiger partial charge in [0.1, 0.15) is 5.69 Å². The first-order chi connectivity index (χ1) is 8.69. The Morgan fingerprint density at radius 3 is 3.11 bits per heavy atom. The van der Waals surface area contributed by atoms with Crippen LogP contribution < -0.4 is 11.1 Å². The lowest BCUT2D eigenvalue weighted by Crippen LogP contribution is -2.28. The largest absolute Gasteiger partial charge is 0.409 e. The van der Waals surface area contributed by atoms with Crippen molar-refractivity contribution in [1.82, 2.24) is 10.3 Å². The Hall–Kier alpha value is -1.66. The fourth-order valence-corrected chi connectivity index (χ4v) is 1.61. The van der Waals surface area contributed by atoms with E-state index >= 15 is 0 Å². The molecule has 1 heterocycles. The molecule has 0 aromatic carbocycles. The Morgan fingerprint density at radius 1 is 1.67 bits per heavy atom. The Kier molecular flexibility index (Phi) is 6.10. The van der Waals surface area contributed by atoms with Crippen LogP contribution in [-0.2, 0) is 11.3 Å². The molecule has 1 rings (SSSR count). The summed E-state index contributed by atoms with van der Waals surface area (Å²) in [6.45, 7) is 6.00. The number of pyridine rings is 1. The minimum atomic E-state index is 0.0188. The van der Waals surface area contributed by atoms with Crippen LogP contribution >= 0.6 is 0 Å². The summed E-state index contributed by atoms with van der Waals surface area (Å²) >= 11 is 0. The van der Waals surface area contributed by atoms with Gasteiger partial charge in [0.25, 0.3) is 0 Å². The molecule has 4 N–H and O–H groups in total. The Morgan fingerprint density at radius 2 is 2.44 bits per heavy atom. The summed E-state index contributed by atoms with van der Waals surface area (Å²) in [5, 5.41) is 14.9. The first-order valence-corrected chi connectivity index (χ1v) is 5.93. The number of hydrogen-bond donors (Lipinski definition) is 3. The molecule has 1 aromatic heterocycles. The second-order valence-corrected chi connectivity index (χ2v) is 3.89. The average Bonchev–Trinajstić information content (AvgIpc) is 2.39. The van der Waals surface area contributed by atoms with Crippen LogP contribution in [0.15, 0.2) is 23.5 Å². The van der Waals surface area contributed by atoms with Crippen molar-refractivity contribution in [2.45, 2.75) is 26.5 Å². The molecule has 18 heavy (non-hydrogen) atoms. The van der Waals surface area contributed by atoms with E-state index in [2.05, 4.69) is 15.5 Å². The minimum Gasteiger partial charge on any atom is -0.409 e. The zero-order valence-electron chi connectivity index (χ0n) is 10.8. The fraction of sp³-hybridized carbons (Fsp3) is 0.500. The van der Waals surface area contributed by atoms with Crippen molar-refractivity contribution in [2.24, 2.45) is 10.9 Å². The standard InChI is InChI=1S/C12H20N4O2/c1-3-18-9(2)7-14-8-10-5-4-6-15-11(10)12(13)16-17/h4-6,9,14,17H,3,7-8H2,1-2H3,(H2,13,16). The summed E-state index contributed by atoms with van der Waals surface area (Å²) in [5.41, 5.74) is 6.94. The van der Waals surface area contributed by atoms with Gasteiger partial charge in [-0.2, -0.15) is 0 Å². The Bertz CT molecular complexity index is 395. The van der Waals surface area contributed by atoms with Gasteiger partial charge in [-0.15, -0.1) is 0 Å². The quantitative estimate of drug-likeness (QED) is 0.287. The molecule has 0 bridgehead atoms. The van der Waals surface area contributed by atoms with Crippen molar-refractivity contribution in [3.63, 3.8) is 0 Å². The van der Waals surface area contributed by atoms with Crippen LogP contribution in [0.3, 0.4) is 0 Å². The van der Waals surface area contributed by atoms with Crippen LogP contribution in [0.5, 0.6) is 0 Å². The molecule has 6 nitrogen and oxygen atoms in total. The monoisotopic (exact) mass is 252 g/mol. The van der Waals surface area contributed by atoms with E-state index in [1.54, 1.807) is 6.20 Å². The molecule has 1 unspecified atom stereocenters. The summed E-state index contributed by atoms with van der Waals surface area (Å²) in [4.78, 5) is 4.10. The van der Waals surface area contributed by atoms with Crippen molar-refractivity contribution in [3.8, 4) is 0 Å². The molecule has 0 amide bonds. The molecular weight excluding hydrogens is 232 g/mol. The van der Waals surface area contributed by atoms with Gasteiger partial charge in [0.15, 0.2) is 5.84 Å². The number of rotatable bonds is 7. The normalized spacial score (nSPS) is 13.6. The lowest BCUT2D eigenvalue weighted by atomic mass is 10.2. The minimum absolute atomic E-state index is 0.0188.